The summed E-state index contributed by atoms with van der Waals surface area (Å²) in [6.07, 6.45) is 2.75. The highest BCUT2D eigenvalue weighted by Crippen LogP contribution is 2.24. The molecule has 1 aromatic heterocycles. The van der Waals surface area contributed by atoms with E-state index >= 15 is 0 Å². The quantitative estimate of drug-likeness (QED) is 0.243. The standard InChI is InChI=1S/C20H27F2N5S.HI/c1-3-23-20(24-9-4-5-19-25-14(2)13-28-19)26-16-8-10-27(12-16)18-7-6-15(21)11-17(18)22;/h6-7,11,13,16H,3-5,8-10,12H2,1-2H3,(H2,23,24,26);1H. The van der Waals surface area contributed by atoms with Crippen LogP contribution in [-0.2, 0) is 6.42 Å². The lowest BCUT2D eigenvalue weighted by atomic mass is 10.2. The number of hydrogen-bond donors (Lipinski definition) is 2. The van der Waals surface area contributed by atoms with Gasteiger partial charge in [-0.15, -0.1) is 35.3 Å². The molecule has 0 spiro atoms. The number of aliphatic imine (C=N–C) groups is 1. The van der Waals surface area contributed by atoms with Crippen molar-refractivity contribution in [3.63, 3.8) is 0 Å². The minimum atomic E-state index is -0.551. The molecule has 1 fully saturated rings. The first-order valence-corrected chi connectivity index (χ1v) is 10.6. The Bertz CT molecular complexity index is 814. The van der Waals surface area contributed by atoms with Crippen LogP contribution < -0.4 is 15.5 Å². The summed E-state index contributed by atoms with van der Waals surface area (Å²) in [7, 11) is 0. The number of aryl methyl sites for hydroxylation is 2. The van der Waals surface area contributed by atoms with Crippen molar-refractivity contribution in [1.29, 1.82) is 0 Å². The summed E-state index contributed by atoms with van der Waals surface area (Å²) in [6, 6.07) is 3.91. The van der Waals surface area contributed by atoms with Crippen LogP contribution in [0.1, 0.15) is 30.5 Å². The maximum Gasteiger partial charge on any atom is 0.191 e. The van der Waals surface area contributed by atoms with Gasteiger partial charge in [0.25, 0.3) is 0 Å². The number of rotatable bonds is 7. The molecule has 0 amide bonds. The second kappa shape index (κ2) is 11.6. The minimum absolute atomic E-state index is 0. The molecule has 1 aliphatic heterocycles. The van der Waals surface area contributed by atoms with E-state index in [0.717, 1.165) is 61.6 Å². The Morgan fingerprint density at radius 3 is 2.90 bits per heavy atom. The third kappa shape index (κ3) is 7.06. The first kappa shape index (κ1) is 23.8. The first-order chi connectivity index (χ1) is 13.5. The number of anilines is 1. The average Bonchev–Trinajstić information content (AvgIpc) is 3.28. The van der Waals surface area contributed by atoms with E-state index in [-0.39, 0.29) is 30.0 Å². The molecule has 29 heavy (non-hydrogen) atoms. The molecule has 160 valence electrons. The Hall–Kier alpha value is -1.49. The molecule has 5 nitrogen and oxygen atoms in total. The van der Waals surface area contributed by atoms with Crippen LogP contribution in [-0.4, -0.2) is 43.2 Å². The van der Waals surface area contributed by atoms with Crippen LogP contribution in [0.4, 0.5) is 14.5 Å². The predicted molar refractivity (Wildman–Crippen MR) is 127 cm³/mol. The van der Waals surface area contributed by atoms with E-state index in [1.54, 1.807) is 11.3 Å². The van der Waals surface area contributed by atoms with E-state index in [1.807, 2.05) is 18.7 Å². The van der Waals surface area contributed by atoms with Crippen LogP contribution in [0.2, 0.25) is 0 Å². The van der Waals surface area contributed by atoms with Crippen molar-refractivity contribution in [3.05, 3.63) is 45.9 Å². The number of halogens is 3. The fourth-order valence-corrected chi connectivity index (χ4v) is 4.10. The van der Waals surface area contributed by atoms with Crippen LogP contribution in [0.25, 0.3) is 0 Å². The molecule has 0 aliphatic carbocycles. The zero-order valence-electron chi connectivity index (χ0n) is 16.8. The fourth-order valence-electron chi connectivity index (χ4n) is 3.29. The number of guanidine groups is 1. The van der Waals surface area contributed by atoms with Gasteiger partial charge in [-0.2, -0.15) is 0 Å². The summed E-state index contributed by atoms with van der Waals surface area (Å²) in [5, 5.41) is 9.93. The number of nitrogens with one attached hydrogen (secondary N) is 2. The van der Waals surface area contributed by atoms with Crippen molar-refractivity contribution in [2.45, 2.75) is 39.2 Å². The van der Waals surface area contributed by atoms with Crippen molar-refractivity contribution < 1.29 is 8.78 Å². The van der Waals surface area contributed by atoms with Gasteiger partial charge in [0, 0.05) is 55.8 Å². The topological polar surface area (TPSA) is 52.6 Å². The number of hydrogen-bond acceptors (Lipinski definition) is 4. The largest absolute Gasteiger partial charge is 0.367 e. The lowest BCUT2D eigenvalue weighted by Gasteiger charge is -2.21. The highest BCUT2D eigenvalue weighted by Gasteiger charge is 2.25. The second-order valence-corrected chi connectivity index (χ2v) is 7.86. The van der Waals surface area contributed by atoms with Gasteiger partial charge >= 0.3 is 0 Å². The van der Waals surface area contributed by atoms with E-state index in [2.05, 4.69) is 26.0 Å². The molecule has 0 saturated carbocycles. The predicted octanol–water partition coefficient (Wildman–Crippen LogP) is 4.11. The van der Waals surface area contributed by atoms with Gasteiger partial charge in [-0.25, -0.2) is 13.8 Å². The fraction of sp³-hybridized carbons (Fsp3) is 0.500. The molecule has 1 atom stereocenters. The Balaban J connectivity index is 0.00000300. The Morgan fingerprint density at radius 1 is 1.38 bits per heavy atom. The Kier molecular flexibility index (Phi) is 9.54. The van der Waals surface area contributed by atoms with E-state index in [9.17, 15) is 8.78 Å². The highest BCUT2D eigenvalue weighted by molar-refractivity contribution is 14.0. The normalized spacial score (nSPS) is 16.6. The molecule has 3 rings (SSSR count). The van der Waals surface area contributed by atoms with E-state index < -0.39 is 11.6 Å². The molecule has 1 unspecified atom stereocenters. The van der Waals surface area contributed by atoms with E-state index in [1.165, 1.54) is 12.1 Å². The highest BCUT2D eigenvalue weighted by atomic mass is 127. The van der Waals surface area contributed by atoms with Crippen LogP contribution >= 0.6 is 35.3 Å². The number of aromatic nitrogens is 1. The number of thiazole rings is 1. The van der Waals surface area contributed by atoms with Gasteiger partial charge < -0.3 is 15.5 Å². The maximum atomic E-state index is 14.0. The van der Waals surface area contributed by atoms with Crippen LogP contribution in [0.5, 0.6) is 0 Å². The third-order valence-corrected chi connectivity index (χ3v) is 5.64. The third-order valence-electron chi connectivity index (χ3n) is 4.61. The van der Waals surface area contributed by atoms with Crippen LogP contribution in [0.15, 0.2) is 28.6 Å². The van der Waals surface area contributed by atoms with Gasteiger partial charge in [-0.1, -0.05) is 0 Å². The van der Waals surface area contributed by atoms with Gasteiger partial charge in [0.2, 0.25) is 0 Å². The molecule has 1 aliphatic rings. The number of benzene rings is 1. The molecule has 2 heterocycles. The lowest BCUT2D eigenvalue weighted by Crippen LogP contribution is -2.44. The van der Waals surface area contributed by atoms with Crippen molar-refractivity contribution >= 4 is 47.0 Å². The molecular formula is C20H28F2IN5S. The zero-order valence-corrected chi connectivity index (χ0v) is 19.9. The number of nitrogens with zero attached hydrogens (tertiary/aromatic N) is 3. The maximum absolute atomic E-state index is 14.0. The molecule has 2 aromatic rings. The van der Waals surface area contributed by atoms with E-state index in [4.69, 9.17) is 0 Å². The minimum Gasteiger partial charge on any atom is -0.367 e. The van der Waals surface area contributed by atoms with Crippen molar-refractivity contribution in [2.75, 3.05) is 31.1 Å². The second-order valence-electron chi connectivity index (χ2n) is 6.92. The summed E-state index contributed by atoms with van der Waals surface area (Å²) in [5.74, 6) is -0.285. The lowest BCUT2D eigenvalue weighted by molar-refractivity contribution is 0.580. The van der Waals surface area contributed by atoms with Crippen LogP contribution in [0.3, 0.4) is 0 Å². The van der Waals surface area contributed by atoms with Gasteiger partial charge in [-0.3, -0.25) is 4.99 Å². The monoisotopic (exact) mass is 535 g/mol. The summed E-state index contributed by atoms with van der Waals surface area (Å²) >= 11 is 1.69. The summed E-state index contributed by atoms with van der Waals surface area (Å²) < 4.78 is 27.1. The van der Waals surface area contributed by atoms with Gasteiger partial charge in [0.1, 0.15) is 11.6 Å². The summed E-state index contributed by atoms with van der Waals surface area (Å²) in [5.41, 5.74) is 1.52. The summed E-state index contributed by atoms with van der Waals surface area (Å²) in [6.45, 7) is 6.92. The molecule has 2 N–H and O–H groups in total. The molecule has 0 radical (unpaired) electrons. The Morgan fingerprint density at radius 2 is 2.21 bits per heavy atom. The van der Waals surface area contributed by atoms with Crippen molar-refractivity contribution in [3.8, 4) is 0 Å². The first-order valence-electron chi connectivity index (χ1n) is 9.71. The average molecular weight is 535 g/mol. The van der Waals surface area contributed by atoms with Crippen molar-refractivity contribution in [1.82, 2.24) is 15.6 Å². The van der Waals surface area contributed by atoms with E-state index in [0.29, 0.717) is 12.2 Å². The summed E-state index contributed by atoms with van der Waals surface area (Å²) in [4.78, 5) is 11.1. The molecular weight excluding hydrogens is 507 g/mol. The van der Waals surface area contributed by atoms with Gasteiger partial charge in [-0.05, 0) is 38.8 Å². The molecule has 1 aromatic carbocycles. The SMILES string of the molecule is CCNC(=NCCCc1nc(C)cs1)NC1CCN(c2ccc(F)cc2F)C1.I. The van der Waals surface area contributed by atoms with Crippen LogP contribution in [0, 0.1) is 18.6 Å². The molecule has 0 bridgehead atoms. The molecule has 1 saturated heterocycles. The molecule has 9 heteroatoms. The van der Waals surface area contributed by atoms with Gasteiger partial charge in [0.05, 0.1) is 10.7 Å². The zero-order chi connectivity index (χ0) is 19.9. The van der Waals surface area contributed by atoms with Gasteiger partial charge in [0.15, 0.2) is 5.96 Å². The Labute approximate surface area is 192 Å². The smallest absolute Gasteiger partial charge is 0.191 e. The van der Waals surface area contributed by atoms with Crippen molar-refractivity contribution in [2.24, 2.45) is 4.99 Å².